The van der Waals surface area contributed by atoms with Crippen LogP contribution >= 0.6 is 11.3 Å². The molecule has 0 saturated heterocycles. The second-order valence-electron chi connectivity index (χ2n) is 4.82. The van der Waals surface area contributed by atoms with E-state index in [1.54, 1.807) is 11.6 Å². The molecule has 0 spiro atoms. The lowest BCUT2D eigenvalue weighted by molar-refractivity contribution is 0.0675. The Kier molecular flexibility index (Phi) is 6.30. The molecule has 3 heterocycles. The molecule has 0 aliphatic rings. The molecule has 1 amide bonds. The second kappa shape index (κ2) is 8.44. The molecule has 0 fully saturated rings. The number of carbonyl (C=O) groups is 1. The third-order valence-electron chi connectivity index (χ3n) is 3.34. The van der Waals surface area contributed by atoms with Crippen molar-refractivity contribution in [3.63, 3.8) is 0 Å². The third-order valence-corrected chi connectivity index (χ3v) is 4.21. The van der Waals surface area contributed by atoms with Crippen molar-refractivity contribution in [2.24, 2.45) is 0 Å². The third kappa shape index (κ3) is 3.56. The number of rotatable bonds is 5. The van der Waals surface area contributed by atoms with Crippen molar-refractivity contribution in [1.82, 2.24) is 19.9 Å². The maximum absolute atomic E-state index is 12.9. The highest BCUT2D eigenvalue weighted by molar-refractivity contribution is 7.13. The van der Waals surface area contributed by atoms with E-state index in [4.69, 9.17) is 9.15 Å². The van der Waals surface area contributed by atoms with E-state index in [0.29, 0.717) is 13.0 Å². The molecule has 9 heteroatoms. The number of alkyl halides is 1. The van der Waals surface area contributed by atoms with Crippen LogP contribution in [0.3, 0.4) is 0 Å². The van der Waals surface area contributed by atoms with Crippen LogP contribution in [0, 0.1) is 0 Å². The van der Waals surface area contributed by atoms with Gasteiger partial charge in [-0.1, -0.05) is 6.92 Å². The Bertz CT molecular complexity index is 805. The Hall–Kier alpha value is -2.42. The van der Waals surface area contributed by atoms with Crippen LogP contribution in [0.5, 0.6) is 0 Å². The molecule has 0 aliphatic carbocycles. The number of nitrogens with zero attached hydrogens (tertiary/aromatic N) is 3. The molecule has 0 aliphatic heterocycles. The molecule has 128 valence electrons. The van der Waals surface area contributed by atoms with Crippen LogP contribution in [0.25, 0.3) is 21.6 Å². The molecular formula is C15H15F3N4OS. The summed E-state index contributed by atoms with van der Waals surface area (Å²) in [5.74, 6) is -0.369. The van der Waals surface area contributed by atoms with Crippen LogP contribution in [0.4, 0.5) is 13.5 Å². The molecule has 0 saturated carbocycles. The van der Waals surface area contributed by atoms with Crippen LogP contribution in [0.15, 0.2) is 29.9 Å². The predicted octanol–water partition coefficient (Wildman–Crippen LogP) is 4.31. The lowest BCUT2D eigenvalue weighted by Gasteiger charge is -2.16. The van der Waals surface area contributed by atoms with Crippen molar-refractivity contribution in [2.45, 2.75) is 13.3 Å². The van der Waals surface area contributed by atoms with Gasteiger partial charge in [-0.3, -0.25) is 4.79 Å². The fourth-order valence-corrected chi connectivity index (χ4v) is 3.12. The van der Waals surface area contributed by atoms with Crippen LogP contribution in [0.2, 0.25) is 0 Å². The van der Waals surface area contributed by atoms with Gasteiger partial charge in [0.2, 0.25) is 0 Å². The number of fused-ring (bicyclic) bond motifs is 1. The Labute approximate surface area is 140 Å². The van der Waals surface area contributed by atoms with Gasteiger partial charge < -0.3 is 9.88 Å². The fraction of sp³-hybridized carbons (Fsp3) is 0.267. The highest BCUT2D eigenvalue weighted by Gasteiger charge is 2.19. The molecule has 0 bridgehead atoms. The van der Waals surface area contributed by atoms with E-state index in [1.807, 2.05) is 25.3 Å². The molecule has 0 unspecified atom stereocenters. The largest absolute Gasteiger partial charge is 0.346 e. The Morgan fingerprint density at radius 3 is 2.88 bits per heavy atom. The zero-order chi connectivity index (χ0) is 17.5. The predicted molar refractivity (Wildman–Crippen MR) is 86.7 cm³/mol. The Morgan fingerprint density at radius 1 is 1.38 bits per heavy atom. The molecule has 0 atom stereocenters. The van der Waals surface area contributed by atoms with Crippen molar-refractivity contribution >= 4 is 28.3 Å². The van der Waals surface area contributed by atoms with Crippen molar-refractivity contribution in [1.29, 1.82) is 0 Å². The number of pyridine rings is 1. The first-order valence-electron chi connectivity index (χ1n) is 7.12. The molecule has 0 aromatic carbocycles. The highest BCUT2D eigenvalue weighted by Crippen LogP contribution is 2.29. The molecule has 3 rings (SSSR count). The van der Waals surface area contributed by atoms with Crippen LogP contribution in [-0.2, 0) is 0 Å². The summed E-state index contributed by atoms with van der Waals surface area (Å²) in [5.41, 5.74) is 1.97. The standard InChI is InChI=1S/C15H15FN4OS.F2/c1-2-7-20(9-16)15(21)12-8-22-14(19-12)11-4-6-18-13-10(11)3-5-17-13;1-2/h3-6,8H,2,7,9H2,1H3,(H,17,18);. The number of nitrogens with one attached hydrogen (secondary N) is 1. The molecule has 3 aromatic heterocycles. The Balaban J connectivity index is 0.00000100. The van der Waals surface area contributed by atoms with E-state index in [0.717, 1.165) is 26.5 Å². The summed E-state index contributed by atoms with van der Waals surface area (Å²) in [6.07, 6.45) is 4.22. The number of aromatic amines is 1. The SMILES string of the molecule is CCCN(CF)C(=O)c1csc(-c2ccnc3[nH]ccc23)n1.FF. The summed E-state index contributed by atoms with van der Waals surface area (Å²) in [4.78, 5) is 25.1. The van der Waals surface area contributed by atoms with Crippen molar-refractivity contribution in [3.05, 3.63) is 35.6 Å². The summed E-state index contributed by atoms with van der Waals surface area (Å²) < 4.78 is 28.9. The molecular weight excluding hydrogens is 341 g/mol. The summed E-state index contributed by atoms with van der Waals surface area (Å²) >= 11 is 1.37. The summed E-state index contributed by atoms with van der Waals surface area (Å²) in [7, 11) is 0. The van der Waals surface area contributed by atoms with Crippen LogP contribution in [0.1, 0.15) is 23.8 Å². The summed E-state index contributed by atoms with van der Waals surface area (Å²) in [5, 5.41) is 3.35. The minimum absolute atomic E-state index is 0.284. The second-order valence-corrected chi connectivity index (χ2v) is 5.68. The number of H-pyrrole nitrogens is 1. The van der Waals surface area contributed by atoms with Crippen molar-refractivity contribution < 1.29 is 18.3 Å². The number of amides is 1. The van der Waals surface area contributed by atoms with Gasteiger partial charge in [0.05, 0.1) is 0 Å². The van der Waals surface area contributed by atoms with Crippen LogP contribution in [-0.4, -0.2) is 39.1 Å². The molecule has 0 radical (unpaired) electrons. The average Bonchev–Trinajstić information content (AvgIpc) is 3.29. The molecule has 1 N–H and O–H groups in total. The first-order chi connectivity index (χ1) is 11.7. The zero-order valence-corrected chi connectivity index (χ0v) is 13.6. The number of carbonyl (C=O) groups excluding carboxylic acids is 1. The summed E-state index contributed by atoms with van der Waals surface area (Å²) in [6, 6.07) is 3.79. The average molecular weight is 356 g/mol. The van der Waals surface area contributed by atoms with Crippen molar-refractivity contribution in [2.75, 3.05) is 13.3 Å². The van der Waals surface area contributed by atoms with E-state index in [2.05, 4.69) is 15.0 Å². The maximum Gasteiger partial charge on any atom is 0.275 e. The first-order valence-corrected chi connectivity index (χ1v) is 8.00. The zero-order valence-electron chi connectivity index (χ0n) is 12.8. The van der Waals surface area contributed by atoms with E-state index in [9.17, 15) is 9.18 Å². The van der Waals surface area contributed by atoms with Gasteiger partial charge in [0.25, 0.3) is 5.91 Å². The van der Waals surface area contributed by atoms with Gasteiger partial charge in [-0.15, -0.1) is 11.3 Å². The Morgan fingerprint density at radius 2 is 2.17 bits per heavy atom. The fourth-order valence-electron chi connectivity index (χ4n) is 2.29. The van der Waals surface area contributed by atoms with E-state index in [-0.39, 0.29) is 11.6 Å². The quantitative estimate of drug-likeness (QED) is 0.693. The van der Waals surface area contributed by atoms with E-state index in [1.165, 1.54) is 11.3 Å². The van der Waals surface area contributed by atoms with Gasteiger partial charge in [0.1, 0.15) is 16.3 Å². The van der Waals surface area contributed by atoms with Gasteiger partial charge in [-0.2, -0.15) is 0 Å². The van der Waals surface area contributed by atoms with Gasteiger partial charge in [-0.25, -0.2) is 14.4 Å². The van der Waals surface area contributed by atoms with Crippen molar-refractivity contribution in [3.8, 4) is 10.6 Å². The number of hydrogen-bond donors (Lipinski definition) is 1. The van der Waals surface area contributed by atoms with E-state index >= 15 is 0 Å². The first kappa shape index (κ1) is 17.9. The lowest BCUT2D eigenvalue weighted by Crippen LogP contribution is -2.31. The normalized spacial score (nSPS) is 10.3. The highest BCUT2D eigenvalue weighted by atomic mass is 32.1. The summed E-state index contributed by atoms with van der Waals surface area (Å²) in [6.45, 7) is 1.50. The van der Waals surface area contributed by atoms with Crippen LogP contribution < -0.4 is 0 Å². The number of halogens is 3. The minimum Gasteiger partial charge on any atom is -0.346 e. The van der Waals surface area contributed by atoms with Gasteiger partial charge in [0.15, 0.2) is 6.80 Å². The number of hydrogen-bond acceptors (Lipinski definition) is 4. The van der Waals surface area contributed by atoms with Gasteiger partial charge >= 0.3 is 0 Å². The van der Waals surface area contributed by atoms with Gasteiger partial charge in [-0.05, 0) is 18.6 Å². The molecule has 24 heavy (non-hydrogen) atoms. The number of thiazole rings is 1. The van der Waals surface area contributed by atoms with E-state index < -0.39 is 6.80 Å². The maximum atomic E-state index is 12.9. The molecule has 5 nitrogen and oxygen atoms in total. The molecule has 3 aromatic rings. The monoisotopic (exact) mass is 356 g/mol. The minimum atomic E-state index is -0.795. The number of aromatic nitrogens is 3. The lowest BCUT2D eigenvalue weighted by atomic mass is 10.2. The topological polar surface area (TPSA) is 61.9 Å². The van der Waals surface area contributed by atoms with Gasteiger partial charge in [0, 0.05) is 44.4 Å². The smallest absolute Gasteiger partial charge is 0.275 e.